The maximum atomic E-state index is 4.63. The highest BCUT2D eigenvalue weighted by molar-refractivity contribution is 7.17. The maximum Gasteiger partial charge on any atom is 0.0648 e. The molecule has 9 heteroatoms. The van der Waals surface area contributed by atoms with Gasteiger partial charge in [0.25, 0.3) is 0 Å². The SMILES string of the molecule is c1ccc2c(c1)c1cnccc1n2-c1ccc2c(c1)c1cnccc1n2-c1ccc2scc(-n3c4ccncc4c4cc(-n5c6ccccc6c6cnccc65)ccc43)c2c1. The van der Waals surface area contributed by atoms with E-state index in [1.165, 1.54) is 20.9 Å². The van der Waals surface area contributed by atoms with Crippen molar-refractivity contribution in [1.29, 1.82) is 0 Å². The summed E-state index contributed by atoms with van der Waals surface area (Å²) in [5.41, 5.74) is 13.5. The van der Waals surface area contributed by atoms with Crippen molar-refractivity contribution in [2.75, 3.05) is 0 Å². The number of nitrogens with zero attached hydrogens (tertiary/aromatic N) is 8. The fourth-order valence-electron chi connectivity index (χ4n) is 10.0. The zero-order valence-corrected chi connectivity index (χ0v) is 33.1. The van der Waals surface area contributed by atoms with E-state index in [0.717, 1.165) is 99.2 Å². The number of aromatic nitrogens is 8. The maximum absolute atomic E-state index is 4.63. The molecule has 14 aromatic rings. The van der Waals surface area contributed by atoms with Crippen molar-refractivity contribution >= 4 is 109 Å². The fourth-order valence-corrected chi connectivity index (χ4v) is 10.9. The predicted molar refractivity (Wildman–Crippen MR) is 250 cm³/mol. The van der Waals surface area contributed by atoms with Crippen molar-refractivity contribution in [1.82, 2.24) is 38.2 Å². The molecule has 0 atom stereocenters. The molecule has 0 unspecified atom stereocenters. The van der Waals surface area contributed by atoms with Crippen LogP contribution in [-0.4, -0.2) is 38.2 Å². The summed E-state index contributed by atoms with van der Waals surface area (Å²) < 4.78 is 10.7. The summed E-state index contributed by atoms with van der Waals surface area (Å²) >= 11 is 1.78. The Balaban J connectivity index is 0.963. The molecule has 8 nitrogen and oxygen atoms in total. The first-order valence-electron chi connectivity index (χ1n) is 20.2. The third-order valence-corrected chi connectivity index (χ3v) is 13.6. The molecule has 0 spiro atoms. The molecule has 14 rings (SSSR count). The van der Waals surface area contributed by atoms with Gasteiger partial charge in [0.1, 0.15) is 0 Å². The van der Waals surface area contributed by atoms with E-state index in [0.29, 0.717) is 0 Å². The molecule has 0 aliphatic heterocycles. The Morgan fingerprint density at radius 3 is 1.20 bits per heavy atom. The first-order valence-corrected chi connectivity index (χ1v) is 21.1. The van der Waals surface area contributed by atoms with E-state index >= 15 is 0 Å². The summed E-state index contributed by atoms with van der Waals surface area (Å²) in [7, 11) is 0. The lowest BCUT2D eigenvalue weighted by molar-refractivity contribution is 1.16. The molecule has 0 N–H and O–H groups in total. The third kappa shape index (κ3) is 4.47. The van der Waals surface area contributed by atoms with Gasteiger partial charge < -0.3 is 18.3 Å². The fraction of sp³-hybridized carbons (Fsp3) is 0. The standard InChI is InChI=1S/C52H30N8S/c1-3-7-43-34(5-1)39-26-53-19-15-47(39)57(43)31-9-12-45-36(23-31)41-28-55-21-17-49(41)59(45)33-11-14-52-38(25-33)51(30-61-52)60-46-13-10-32(24-37(46)42-29-56-22-18-50(42)60)58-44-8-4-2-6-35(44)40-27-54-20-16-48(40)58/h1-30H. The summed E-state index contributed by atoms with van der Waals surface area (Å²) in [6.45, 7) is 0. The van der Waals surface area contributed by atoms with Crippen LogP contribution in [0.15, 0.2) is 182 Å². The first-order chi connectivity index (χ1) is 30.3. The molecular formula is C52H30N8S. The van der Waals surface area contributed by atoms with E-state index in [-0.39, 0.29) is 0 Å². The van der Waals surface area contributed by atoms with Crippen LogP contribution in [0.1, 0.15) is 0 Å². The van der Waals surface area contributed by atoms with E-state index in [4.69, 9.17) is 0 Å². The topological polar surface area (TPSA) is 71.3 Å². The average Bonchev–Trinajstić information content (AvgIpc) is 4.12. The lowest BCUT2D eigenvalue weighted by Gasteiger charge is -2.12. The van der Waals surface area contributed by atoms with Gasteiger partial charge in [0.05, 0.1) is 49.8 Å². The quantitative estimate of drug-likeness (QED) is 0.178. The number of rotatable bonds is 4. The Morgan fingerprint density at radius 1 is 0.311 bits per heavy atom. The van der Waals surface area contributed by atoms with E-state index in [1.54, 1.807) is 11.3 Å². The summed E-state index contributed by atoms with van der Waals surface area (Å²) in [4.78, 5) is 18.2. The lowest BCUT2D eigenvalue weighted by atomic mass is 10.1. The Bertz CT molecular complexity index is 4040. The molecule has 5 aromatic carbocycles. The van der Waals surface area contributed by atoms with Crippen LogP contribution >= 0.6 is 11.3 Å². The Hall–Kier alpha value is -8.14. The van der Waals surface area contributed by atoms with E-state index in [9.17, 15) is 0 Å². The summed E-state index contributed by atoms with van der Waals surface area (Å²) in [5, 5.41) is 12.7. The Kier molecular flexibility index (Phi) is 6.56. The minimum atomic E-state index is 1.10. The summed E-state index contributed by atoms with van der Waals surface area (Å²) in [6.07, 6.45) is 15.5. The highest BCUT2D eigenvalue weighted by Crippen LogP contribution is 2.42. The average molecular weight is 799 g/mol. The van der Waals surface area contributed by atoms with Gasteiger partial charge in [-0.25, -0.2) is 0 Å². The van der Waals surface area contributed by atoms with Crippen LogP contribution in [0.4, 0.5) is 0 Å². The number of hydrogen-bond acceptors (Lipinski definition) is 5. The van der Waals surface area contributed by atoms with Crippen LogP contribution in [-0.2, 0) is 0 Å². The van der Waals surface area contributed by atoms with Gasteiger partial charge in [0.2, 0.25) is 0 Å². The van der Waals surface area contributed by atoms with Crippen LogP contribution < -0.4 is 0 Å². The number of hydrogen-bond donors (Lipinski definition) is 0. The molecule has 0 saturated carbocycles. The molecule has 9 aromatic heterocycles. The number of benzene rings is 5. The monoisotopic (exact) mass is 798 g/mol. The normalized spacial score (nSPS) is 12.3. The Morgan fingerprint density at radius 2 is 0.689 bits per heavy atom. The van der Waals surface area contributed by atoms with Gasteiger partial charge in [-0.3, -0.25) is 19.9 Å². The van der Waals surface area contributed by atoms with Crippen LogP contribution in [0.5, 0.6) is 0 Å². The van der Waals surface area contributed by atoms with E-state index in [2.05, 4.69) is 171 Å². The van der Waals surface area contributed by atoms with Gasteiger partial charge in [-0.15, -0.1) is 11.3 Å². The van der Waals surface area contributed by atoms with Crippen LogP contribution in [0.2, 0.25) is 0 Å². The molecule has 0 aliphatic rings. The number of fused-ring (bicyclic) bond motifs is 13. The van der Waals surface area contributed by atoms with Gasteiger partial charge in [0.15, 0.2) is 0 Å². The zero-order chi connectivity index (χ0) is 39.8. The molecule has 0 fully saturated rings. The van der Waals surface area contributed by atoms with Crippen LogP contribution in [0, 0.1) is 0 Å². The van der Waals surface area contributed by atoms with E-state index < -0.39 is 0 Å². The molecule has 284 valence electrons. The molecule has 0 bridgehead atoms. The second-order valence-electron chi connectivity index (χ2n) is 15.7. The summed E-state index contributed by atoms with van der Waals surface area (Å²) in [6, 6.07) is 46.1. The van der Waals surface area contributed by atoms with Crippen molar-refractivity contribution in [3.05, 3.63) is 182 Å². The van der Waals surface area contributed by atoms with Crippen LogP contribution in [0.25, 0.3) is 120 Å². The predicted octanol–water partition coefficient (Wildman–Crippen LogP) is 12.9. The first kappa shape index (κ1) is 32.8. The van der Waals surface area contributed by atoms with E-state index in [1.807, 2.05) is 49.6 Å². The molecule has 0 saturated heterocycles. The highest BCUT2D eigenvalue weighted by Gasteiger charge is 2.21. The van der Waals surface area contributed by atoms with Crippen molar-refractivity contribution in [3.63, 3.8) is 0 Å². The second-order valence-corrected chi connectivity index (χ2v) is 16.6. The molecule has 9 heterocycles. The van der Waals surface area contributed by atoms with Gasteiger partial charge >= 0.3 is 0 Å². The lowest BCUT2D eigenvalue weighted by Crippen LogP contribution is -1.97. The molecule has 0 radical (unpaired) electrons. The van der Waals surface area contributed by atoms with Crippen molar-refractivity contribution in [2.45, 2.75) is 0 Å². The van der Waals surface area contributed by atoms with Crippen molar-refractivity contribution in [2.24, 2.45) is 0 Å². The number of thiophene rings is 1. The van der Waals surface area contributed by atoms with Gasteiger partial charge in [-0.05, 0) is 91.0 Å². The molecular weight excluding hydrogens is 769 g/mol. The largest absolute Gasteiger partial charge is 0.309 e. The van der Waals surface area contributed by atoms with Crippen LogP contribution in [0.3, 0.4) is 0 Å². The molecule has 0 aliphatic carbocycles. The molecule has 61 heavy (non-hydrogen) atoms. The molecule has 0 amide bonds. The third-order valence-electron chi connectivity index (χ3n) is 12.6. The second kappa shape index (κ2) is 12.2. The minimum Gasteiger partial charge on any atom is -0.309 e. The van der Waals surface area contributed by atoms with Crippen molar-refractivity contribution < 1.29 is 0 Å². The zero-order valence-electron chi connectivity index (χ0n) is 32.3. The highest BCUT2D eigenvalue weighted by atomic mass is 32.1. The van der Waals surface area contributed by atoms with Gasteiger partial charge in [-0.2, -0.15) is 0 Å². The number of para-hydroxylation sites is 2. The summed E-state index contributed by atoms with van der Waals surface area (Å²) in [5.74, 6) is 0. The van der Waals surface area contributed by atoms with Crippen molar-refractivity contribution in [3.8, 4) is 22.7 Å². The van der Waals surface area contributed by atoms with Gasteiger partial charge in [-0.1, -0.05) is 36.4 Å². The minimum absolute atomic E-state index is 1.10. The van der Waals surface area contributed by atoms with Gasteiger partial charge in [0, 0.05) is 125 Å². The smallest absolute Gasteiger partial charge is 0.0648 e. The number of pyridine rings is 4. The Labute approximate surface area is 350 Å².